The lowest BCUT2D eigenvalue weighted by Crippen LogP contribution is -2.33. The molecule has 1 aromatic heterocycles. The summed E-state index contributed by atoms with van der Waals surface area (Å²) in [7, 11) is 0. The van der Waals surface area contributed by atoms with Crippen LogP contribution in [-0.4, -0.2) is 9.97 Å². The first-order valence-corrected chi connectivity index (χ1v) is 7.07. The first-order valence-electron chi connectivity index (χ1n) is 6.31. The van der Waals surface area contributed by atoms with Gasteiger partial charge in [0.25, 0.3) is 5.56 Å². The number of aromatic amines is 2. The number of rotatable bonds is 1. The highest BCUT2D eigenvalue weighted by molar-refractivity contribution is 6.35. The van der Waals surface area contributed by atoms with E-state index in [4.69, 9.17) is 33.7 Å². The van der Waals surface area contributed by atoms with Crippen LogP contribution in [0.3, 0.4) is 0 Å². The molecule has 0 aliphatic carbocycles. The van der Waals surface area contributed by atoms with Gasteiger partial charge < -0.3 is 10.5 Å². The quantitative estimate of drug-likeness (QED) is 0.720. The van der Waals surface area contributed by atoms with Crippen molar-refractivity contribution in [3.05, 3.63) is 71.7 Å². The number of nitriles is 1. The Bertz CT molecular complexity index is 1000. The zero-order chi connectivity index (χ0) is 16.7. The molecule has 0 bridgehead atoms. The smallest absolute Gasteiger partial charge is 0.328 e. The predicted molar refractivity (Wildman–Crippen MR) is 83.4 cm³/mol. The molecule has 0 amide bonds. The Morgan fingerprint density at radius 1 is 1.26 bits per heavy atom. The molecular weight excluding hydrogens is 343 g/mol. The average Bonchev–Trinajstić information content (AvgIpc) is 2.45. The molecule has 0 spiro atoms. The number of nitrogens with one attached hydrogen (secondary N) is 2. The minimum atomic E-state index is -0.880. The number of H-pyrrole nitrogens is 2. The molecule has 0 unspecified atom stereocenters. The highest BCUT2D eigenvalue weighted by atomic mass is 35.5. The maximum Gasteiger partial charge on any atom is 0.328 e. The molecule has 1 aliphatic heterocycles. The molecule has 1 atom stereocenters. The van der Waals surface area contributed by atoms with E-state index in [2.05, 4.69) is 9.97 Å². The molecule has 9 heteroatoms. The van der Waals surface area contributed by atoms with E-state index in [0.29, 0.717) is 10.6 Å². The number of fused-ring (bicyclic) bond motifs is 1. The van der Waals surface area contributed by atoms with Gasteiger partial charge in [-0.15, -0.1) is 0 Å². The summed E-state index contributed by atoms with van der Waals surface area (Å²) in [4.78, 5) is 28.1. The molecule has 7 nitrogen and oxygen atoms in total. The maximum absolute atomic E-state index is 12.2. The van der Waals surface area contributed by atoms with Gasteiger partial charge in [-0.1, -0.05) is 29.3 Å². The number of aromatic nitrogens is 2. The fourth-order valence-corrected chi connectivity index (χ4v) is 2.95. The van der Waals surface area contributed by atoms with Gasteiger partial charge in [0.15, 0.2) is 0 Å². The topological polar surface area (TPSA) is 125 Å². The first-order chi connectivity index (χ1) is 10.9. The molecule has 1 aliphatic rings. The summed E-state index contributed by atoms with van der Waals surface area (Å²) in [6.07, 6.45) is 0. The summed E-state index contributed by atoms with van der Waals surface area (Å²) in [6.45, 7) is 0. The van der Waals surface area contributed by atoms with Crippen LogP contribution in [0.15, 0.2) is 39.2 Å². The molecule has 1 aromatic carbocycles. The van der Waals surface area contributed by atoms with Crippen LogP contribution in [-0.2, 0) is 0 Å². The zero-order valence-electron chi connectivity index (χ0n) is 11.3. The van der Waals surface area contributed by atoms with E-state index in [1.165, 1.54) is 6.07 Å². The Hall–Kier alpha value is -2.69. The number of benzene rings is 1. The maximum atomic E-state index is 12.2. The van der Waals surface area contributed by atoms with Gasteiger partial charge in [-0.25, -0.2) is 4.79 Å². The standard InChI is InChI=1S/C14H8Cl2N4O3/c15-5-1-2-6(8(16)3-5)9-7(4-17)11(18)23-13-10(9)12(21)19-14(22)20-13/h1-3,9H,18H2,(H2,19,20,21,22)/t9-/m0/s1. The molecule has 116 valence electrons. The van der Waals surface area contributed by atoms with Crippen LogP contribution in [0, 0.1) is 11.3 Å². The van der Waals surface area contributed by atoms with Crippen molar-refractivity contribution >= 4 is 23.2 Å². The van der Waals surface area contributed by atoms with Gasteiger partial charge in [-0.2, -0.15) is 5.26 Å². The summed E-state index contributed by atoms with van der Waals surface area (Å²) in [5.74, 6) is -1.21. The molecule has 2 aromatic rings. The van der Waals surface area contributed by atoms with Gasteiger partial charge in [0.1, 0.15) is 11.6 Å². The molecule has 4 N–H and O–H groups in total. The predicted octanol–water partition coefficient (Wildman–Crippen LogP) is 1.59. The Morgan fingerprint density at radius 2 is 2.00 bits per heavy atom. The van der Waals surface area contributed by atoms with Crippen molar-refractivity contribution in [1.29, 1.82) is 5.26 Å². The number of allylic oxidation sites excluding steroid dienone is 1. The number of nitrogens with two attached hydrogens (primary N) is 1. The molecule has 0 saturated carbocycles. The number of hydrogen-bond donors (Lipinski definition) is 3. The van der Waals surface area contributed by atoms with E-state index in [-0.39, 0.29) is 27.9 Å². The Balaban J connectivity index is 2.36. The SMILES string of the molecule is N#CC1=C(N)Oc2[nH]c(=O)[nH]c(=O)c2[C@H]1c1ccc(Cl)cc1Cl. The second-order valence-corrected chi connectivity index (χ2v) is 5.59. The van der Waals surface area contributed by atoms with Crippen molar-refractivity contribution in [3.8, 4) is 11.9 Å². The molecule has 0 saturated heterocycles. The van der Waals surface area contributed by atoms with Gasteiger partial charge in [0, 0.05) is 10.0 Å². The minimum absolute atomic E-state index is 0.0132. The van der Waals surface area contributed by atoms with Gasteiger partial charge in [-0.3, -0.25) is 14.8 Å². The van der Waals surface area contributed by atoms with Crippen molar-refractivity contribution in [2.45, 2.75) is 5.92 Å². The number of hydrogen-bond acceptors (Lipinski definition) is 5. The van der Waals surface area contributed by atoms with Crippen LogP contribution < -0.4 is 21.7 Å². The third kappa shape index (κ3) is 2.48. The van der Waals surface area contributed by atoms with E-state index < -0.39 is 17.2 Å². The molecule has 2 heterocycles. The van der Waals surface area contributed by atoms with Crippen LogP contribution in [0.2, 0.25) is 10.0 Å². The van der Waals surface area contributed by atoms with Gasteiger partial charge >= 0.3 is 5.69 Å². The van der Waals surface area contributed by atoms with Crippen LogP contribution >= 0.6 is 23.2 Å². The molecule has 23 heavy (non-hydrogen) atoms. The van der Waals surface area contributed by atoms with Gasteiger partial charge in [0.2, 0.25) is 11.8 Å². The van der Waals surface area contributed by atoms with Crippen LogP contribution in [0.4, 0.5) is 0 Å². The fraction of sp³-hybridized carbons (Fsp3) is 0.0714. The Kier molecular flexibility index (Phi) is 3.64. The normalized spacial score (nSPS) is 16.5. The van der Waals surface area contributed by atoms with Crippen molar-refractivity contribution in [2.24, 2.45) is 5.73 Å². The largest absolute Gasteiger partial charge is 0.424 e. The summed E-state index contributed by atoms with van der Waals surface area (Å²) in [5, 5.41) is 10.0. The van der Waals surface area contributed by atoms with Crippen molar-refractivity contribution in [2.75, 3.05) is 0 Å². The minimum Gasteiger partial charge on any atom is -0.424 e. The van der Waals surface area contributed by atoms with Crippen molar-refractivity contribution < 1.29 is 4.74 Å². The third-order valence-corrected chi connectivity index (χ3v) is 3.95. The van der Waals surface area contributed by atoms with Gasteiger partial charge in [-0.05, 0) is 17.7 Å². The zero-order valence-corrected chi connectivity index (χ0v) is 12.8. The Morgan fingerprint density at radius 3 is 2.65 bits per heavy atom. The van der Waals surface area contributed by atoms with Crippen molar-refractivity contribution in [3.63, 3.8) is 0 Å². The number of nitrogens with zero attached hydrogens (tertiary/aromatic N) is 1. The van der Waals surface area contributed by atoms with Crippen LogP contribution in [0.25, 0.3) is 0 Å². The van der Waals surface area contributed by atoms with E-state index >= 15 is 0 Å². The van der Waals surface area contributed by atoms with Crippen LogP contribution in [0.5, 0.6) is 5.88 Å². The fourth-order valence-electron chi connectivity index (χ4n) is 2.44. The lowest BCUT2D eigenvalue weighted by molar-refractivity contribution is 0.373. The highest BCUT2D eigenvalue weighted by Gasteiger charge is 2.35. The monoisotopic (exact) mass is 350 g/mol. The molecule has 0 fully saturated rings. The first kappa shape index (κ1) is 15.2. The Labute approximate surface area is 138 Å². The van der Waals surface area contributed by atoms with E-state index in [0.717, 1.165) is 0 Å². The summed E-state index contributed by atoms with van der Waals surface area (Å²) in [6, 6.07) is 6.56. The summed E-state index contributed by atoms with van der Waals surface area (Å²) in [5.41, 5.74) is 4.80. The van der Waals surface area contributed by atoms with E-state index in [9.17, 15) is 14.9 Å². The lowest BCUT2D eigenvalue weighted by Gasteiger charge is -2.25. The van der Waals surface area contributed by atoms with E-state index in [1.807, 2.05) is 6.07 Å². The van der Waals surface area contributed by atoms with Crippen LogP contribution in [0.1, 0.15) is 17.0 Å². The third-order valence-electron chi connectivity index (χ3n) is 3.39. The number of halogens is 2. The summed E-state index contributed by atoms with van der Waals surface area (Å²) < 4.78 is 5.20. The highest BCUT2D eigenvalue weighted by Crippen LogP contribution is 2.41. The average molecular weight is 351 g/mol. The van der Waals surface area contributed by atoms with Gasteiger partial charge in [0.05, 0.1) is 11.5 Å². The summed E-state index contributed by atoms with van der Waals surface area (Å²) >= 11 is 12.1. The molecule has 0 radical (unpaired) electrons. The number of ether oxygens (including phenoxy) is 1. The molecular formula is C14H8Cl2N4O3. The van der Waals surface area contributed by atoms with E-state index in [1.54, 1.807) is 12.1 Å². The second kappa shape index (κ2) is 5.50. The molecule has 3 rings (SSSR count). The second-order valence-electron chi connectivity index (χ2n) is 4.74. The lowest BCUT2D eigenvalue weighted by atomic mass is 9.85. The van der Waals surface area contributed by atoms with Crippen molar-refractivity contribution in [1.82, 2.24) is 9.97 Å².